The third-order valence-corrected chi connectivity index (χ3v) is 5.80. The average molecular weight is 416 g/mol. The van der Waals surface area contributed by atoms with Gasteiger partial charge in [-0.3, -0.25) is 4.79 Å². The zero-order chi connectivity index (χ0) is 21.4. The molecule has 30 heavy (non-hydrogen) atoms. The van der Waals surface area contributed by atoms with Crippen molar-refractivity contribution in [1.82, 2.24) is 10.3 Å². The van der Waals surface area contributed by atoms with Crippen molar-refractivity contribution in [1.29, 1.82) is 0 Å². The molecule has 158 valence electrons. The number of carbonyl (C=O) groups excluding carboxylic acids is 1. The van der Waals surface area contributed by atoms with Gasteiger partial charge in [0, 0.05) is 23.9 Å². The molecular formula is C23H23F3N2O2. The highest BCUT2D eigenvalue weighted by Crippen LogP contribution is 2.49. The van der Waals surface area contributed by atoms with Crippen LogP contribution in [0.3, 0.4) is 0 Å². The molecule has 0 unspecified atom stereocenters. The maximum atomic E-state index is 14.4. The molecule has 1 atom stereocenters. The molecule has 0 bridgehead atoms. The lowest BCUT2D eigenvalue weighted by Crippen LogP contribution is -2.37. The summed E-state index contributed by atoms with van der Waals surface area (Å²) >= 11 is 0. The van der Waals surface area contributed by atoms with Crippen LogP contribution in [-0.2, 0) is 4.79 Å². The topological polar surface area (TPSA) is 65.1 Å². The Kier molecular flexibility index (Phi) is 5.56. The predicted octanol–water partition coefficient (Wildman–Crippen LogP) is 4.63. The molecule has 3 aromatic rings. The number of benzene rings is 2. The van der Waals surface area contributed by atoms with Crippen LogP contribution >= 0.6 is 0 Å². The van der Waals surface area contributed by atoms with Crippen molar-refractivity contribution in [3.05, 3.63) is 59.4 Å². The van der Waals surface area contributed by atoms with E-state index in [1.165, 1.54) is 18.2 Å². The second-order valence-corrected chi connectivity index (χ2v) is 8.12. The molecule has 1 aliphatic rings. The lowest BCUT2D eigenvalue weighted by Gasteiger charge is -2.36. The van der Waals surface area contributed by atoms with Crippen molar-refractivity contribution in [2.75, 3.05) is 6.61 Å². The van der Waals surface area contributed by atoms with Gasteiger partial charge in [0.25, 0.3) is 0 Å². The van der Waals surface area contributed by atoms with Gasteiger partial charge in [0.15, 0.2) is 0 Å². The SMILES string of the molecule is C[C@@H](CO)NC(=O)CC1CC(c2c(-c3ccc(F)cc3)[nH]c3c(F)cc(F)cc23)C1. The molecule has 1 amide bonds. The fourth-order valence-electron chi connectivity index (χ4n) is 4.29. The van der Waals surface area contributed by atoms with Crippen LogP contribution < -0.4 is 5.32 Å². The van der Waals surface area contributed by atoms with E-state index in [9.17, 15) is 18.0 Å². The summed E-state index contributed by atoms with van der Waals surface area (Å²) in [5, 5.41) is 12.3. The fourth-order valence-corrected chi connectivity index (χ4v) is 4.29. The number of aromatic nitrogens is 1. The van der Waals surface area contributed by atoms with Crippen LogP contribution in [0.2, 0.25) is 0 Å². The minimum atomic E-state index is -0.673. The molecule has 0 radical (unpaired) electrons. The van der Waals surface area contributed by atoms with Gasteiger partial charge >= 0.3 is 0 Å². The van der Waals surface area contributed by atoms with Crippen LogP contribution in [0.1, 0.15) is 37.7 Å². The molecular weight excluding hydrogens is 393 g/mol. The second-order valence-electron chi connectivity index (χ2n) is 8.12. The highest BCUT2D eigenvalue weighted by molar-refractivity contribution is 5.92. The van der Waals surface area contributed by atoms with Gasteiger partial charge in [-0.05, 0) is 73.1 Å². The van der Waals surface area contributed by atoms with Gasteiger partial charge in [0.2, 0.25) is 5.91 Å². The van der Waals surface area contributed by atoms with Crippen LogP contribution in [0.15, 0.2) is 36.4 Å². The van der Waals surface area contributed by atoms with E-state index in [2.05, 4.69) is 10.3 Å². The van der Waals surface area contributed by atoms with E-state index in [4.69, 9.17) is 5.11 Å². The lowest BCUT2D eigenvalue weighted by molar-refractivity contribution is -0.123. The molecule has 1 aliphatic carbocycles. The third kappa shape index (κ3) is 3.94. The number of rotatable bonds is 6. The monoisotopic (exact) mass is 416 g/mol. The Hall–Kier alpha value is -2.80. The fraction of sp³-hybridized carbons (Fsp3) is 0.348. The van der Waals surface area contributed by atoms with Gasteiger partial charge in [0.1, 0.15) is 17.5 Å². The molecule has 2 aromatic carbocycles. The van der Waals surface area contributed by atoms with Gasteiger partial charge in [-0.15, -0.1) is 0 Å². The number of aliphatic hydroxyl groups excluding tert-OH is 1. The number of fused-ring (bicyclic) bond motifs is 1. The minimum Gasteiger partial charge on any atom is -0.394 e. The maximum absolute atomic E-state index is 14.4. The zero-order valence-corrected chi connectivity index (χ0v) is 16.5. The molecule has 7 heteroatoms. The van der Waals surface area contributed by atoms with Crippen molar-refractivity contribution in [3.8, 4) is 11.3 Å². The standard InChI is InChI=1S/C23H23F3N2O2/c1-12(11-29)27-20(30)8-13-6-15(7-13)21-18-9-17(25)10-19(26)23(18)28-22(21)14-2-4-16(24)5-3-14/h2-5,9-10,12-13,15,28-29H,6-8,11H2,1H3,(H,27,30)/t12-,13?,15?/m0/s1. The Labute approximate surface area is 172 Å². The first-order chi connectivity index (χ1) is 14.4. The largest absolute Gasteiger partial charge is 0.394 e. The predicted molar refractivity (Wildman–Crippen MR) is 108 cm³/mol. The number of halogens is 3. The summed E-state index contributed by atoms with van der Waals surface area (Å²) in [6.45, 7) is 1.61. The quantitative estimate of drug-likeness (QED) is 0.548. The van der Waals surface area contributed by atoms with E-state index in [1.807, 2.05) is 0 Å². The first-order valence-corrected chi connectivity index (χ1v) is 10.0. The van der Waals surface area contributed by atoms with E-state index in [0.717, 1.165) is 11.6 Å². The van der Waals surface area contributed by atoms with E-state index < -0.39 is 11.6 Å². The number of hydrogen-bond acceptors (Lipinski definition) is 2. The summed E-state index contributed by atoms with van der Waals surface area (Å²) in [5.41, 5.74) is 2.37. The van der Waals surface area contributed by atoms with E-state index >= 15 is 0 Å². The number of H-pyrrole nitrogens is 1. The Morgan fingerprint density at radius 1 is 1.17 bits per heavy atom. The van der Waals surface area contributed by atoms with Crippen LogP contribution in [0.4, 0.5) is 13.2 Å². The van der Waals surface area contributed by atoms with Crippen LogP contribution in [-0.4, -0.2) is 28.6 Å². The van der Waals surface area contributed by atoms with Crippen LogP contribution in [0.5, 0.6) is 0 Å². The average Bonchev–Trinajstić information content (AvgIpc) is 3.04. The van der Waals surface area contributed by atoms with E-state index in [0.29, 0.717) is 35.9 Å². The first kappa shape index (κ1) is 20.5. The molecule has 1 saturated carbocycles. The Morgan fingerprint density at radius 3 is 2.53 bits per heavy atom. The molecule has 4 rings (SSSR count). The summed E-state index contributed by atoms with van der Waals surface area (Å²) in [5.74, 6) is -1.62. The number of carbonyl (C=O) groups is 1. The minimum absolute atomic E-state index is 0.0352. The highest BCUT2D eigenvalue weighted by Gasteiger charge is 2.35. The van der Waals surface area contributed by atoms with Gasteiger partial charge in [-0.2, -0.15) is 0 Å². The second kappa shape index (κ2) is 8.14. The summed E-state index contributed by atoms with van der Waals surface area (Å²) in [6, 6.07) is 7.75. The first-order valence-electron chi connectivity index (χ1n) is 10.0. The summed E-state index contributed by atoms with van der Waals surface area (Å²) in [6.07, 6.45) is 1.76. The zero-order valence-electron chi connectivity index (χ0n) is 16.5. The highest BCUT2D eigenvalue weighted by atomic mass is 19.1. The van der Waals surface area contributed by atoms with Gasteiger partial charge < -0.3 is 15.4 Å². The molecule has 1 aromatic heterocycles. The Bertz CT molecular complexity index is 1070. The maximum Gasteiger partial charge on any atom is 0.220 e. The van der Waals surface area contributed by atoms with Gasteiger partial charge in [0.05, 0.1) is 17.8 Å². The molecule has 1 heterocycles. The third-order valence-electron chi connectivity index (χ3n) is 5.80. The molecule has 0 spiro atoms. The van der Waals surface area contributed by atoms with Crippen molar-refractivity contribution in [2.24, 2.45) is 5.92 Å². The van der Waals surface area contributed by atoms with Gasteiger partial charge in [-0.25, -0.2) is 13.2 Å². The molecule has 1 fully saturated rings. The van der Waals surface area contributed by atoms with Crippen molar-refractivity contribution in [3.63, 3.8) is 0 Å². The number of aromatic amines is 1. The van der Waals surface area contributed by atoms with Crippen LogP contribution in [0, 0.1) is 23.4 Å². The number of aliphatic hydroxyl groups is 1. The van der Waals surface area contributed by atoms with Crippen molar-refractivity contribution in [2.45, 2.75) is 38.1 Å². The van der Waals surface area contributed by atoms with E-state index in [1.54, 1.807) is 19.1 Å². The normalized spacial score (nSPS) is 19.5. The molecule has 0 saturated heterocycles. The molecule has 0 aliphatic heterocycles. The van der Waals surface area contributed by atoms with E-state index in [-0.39, 0.29) is 41.7 Å². The molecule has 3 N–H and O–H groups in total. The molecule has 4 nitrogen and oxygen atoms in total. The number of amides is 1. The Balaban J connectivity index is 1.63. The van der Waals surface area contributed by atoms with Gasteiger partial charge in [-0.1, -0.05) is 0 Å². The summed E-state index contributed by atoms with van der Waals surface area (Å²) in [4.78, 5) is 15.1. The summed E-state index contributed by atoms with van der Waals surface area (Å²) < 4.78 is 41.7. The summed E-state index contributed by atoms with van der Waals surface area (Å²) in [7, 11) is 0. The number of nitrogens with one attached hydrogen (secondary N) is 2. The lowest BCUT2D eigenvalue weighted by atomic mass is 9.69. The smallest absolute Gasteiger partial charge is 0.220 e. The van der Waals surface area contributed by atoms with Crippen molar-refractivity contribution >= 4 is 16.8 Å². The Morgan fingerprint density at radius 2 is 1.87 bits per heavy atom. The van der Waals surface area contributed by atoms with Crippen LogP contribution in [0.25, 0.3) is 22.2 Å². The number of hydrogen-bond donors (Lipinski definition) is 3. The van der Waals surface area contributed by atoms with Crippen molar-refractivity contribution < 1.29 is 23.1 Å².